The van der Waals surface area contributed by atoms with E-state index in [0.29, 0.717) is 38.8 Å². The lowest BCUT2D eigenvalue weighted by Crippen LogP contribution is -2.40. The highest BCUT2D eigenvalue weighted by Gasteiger charge is 2.22. The average molecular weight is 514 g/mol. The standard InChI is InChI=1S/C30H31N3O3S/c34-29(32-23-3-1-2-4-23)17-20-5-7-21(8-6-20)24-9-10-26-25(24)18-22(19-31-26)27-11-12-28(37-27)30(35)33-13-15-36-16-14-33/h5-9,11-12,18-19,23H,1-4,10,13-17H2,(H,32,34). The second kappa shape index (κ2) is 10.6. The molecule has 0 spiro atoms. The highest BCUT2D eigenvalue weighted by Crippen LogP contribution is 2.36. The molecule has 1 saturated carbocycles. The Bertz CT molecular complexity index is 1330. The van der Waals surface area contributed by atoms with E-state index in [1.165, 1.54) is 29.8 Å². The van der Waals surface area contributed by atoms with E-state index in [-0.39, 0.29) is 11.8 Å². The number of ether oxygens (including phenoxy) is 1. The van der Waals surface area contributed by atoms with Gasteiger partial charge in [0.05, 0.1) is 30.2 Å². The number of hydrogen-bond donors (Lipinski definition) is 1. The number of nitrogens with one attached hydrogen (secondary N) is 1. The lowest BCUT2D eigenvalue weighted by molar-refractivity contribution is -0.121. The minimum absolute atomic E-state index is 0.0752. The molecule has 2 fully saturated rings. The zero-order valence-electron chi connectivity index (χ0n) is 20.9. The van der Waals surface area contributed by atoms with Gasteiger partial charge in [-0.05, 0) is 47.7 Å². The maximum absolute atomic E-state index is 12.9. The molecular formula is C30H31N3O3S. The Morgan fingerprint density at radius 2 is 1.81 bits per heavy atom. The van der Waals surface area contributed by atoms with Crippen LogP contribution in [0.5, 0.6) is 0 Å². The fourth-order valence-electron chi connectivity index (χ4n) is 5.47. The van der Waals surface area contributed by atoms with Crippen LogP contribution in [0.3, 0.4) is 0 Å². The quantitative estimate of drug-likeness (QED) is 0.511. The van der Waals surface area contributed by atoms with Gasteiger partial charge in [-0.15, -0.1) is 11.3 Å². The van der Waals surface area contributed by atoms with Gasteiger partial charge in [0.25, 0.3) is 5.91 Å². The number of rotatable bonds is 6. The van der Waals surface area contributed by atoms with Gasteiger partial charge < -0.3 is 15.0 Å². The first-order chi connectivity index (χ1) is 18.1. The van der Waals surface area contributed by atoms with E-state index in [2.05, 4.69) is 41.7 Å². The maximum Gasteiger partial charge on any atom is 0.264 e. The molecule has 1 saturated heterocycles. The summed E-state index contributed by atoms with van der Waals surface area (Å²) in [7, 11) is 0. The van der Waals surface area contributed by atoms with E-state index < -0.39 is 0 Å². The normalized spacial score (nSPS) is 17.5. The molecule has 1 N–H and O–H groups in total. The molecule has 3 aromatic rings. The number of pyridine rings is 1. The predicted octanol–water partition coefficient (Wildman–Crippen LogP) is 4.87. The van der Waals surface area contributed by atoms with E-state index in [1.807, 2.05) is 23.2 Å². The molecule has 6 nitrogen and oxygen atoms in total. The Morgan fingerprint density at radius 1 is 1.03 bits per heavy atom. The fraction of sp³-hybridized carbons (Fsp3) is 0.367. The van der Waals surface area contributed by atoms with Gasteiger partial charge in [-0.25, -0.2) is 0 Å². The first-order valence-corrected chi connectivity index (χ1v) is 14.0. The summed E-state index contributed by atoms with van der Waals surface area (Å²) in [5.74, 6) is 0.188. The van der Waals surface area contributed by atoms with Gasteiger partial charge in [0, 0.05) is 47.8 Å². The van der Waals surface area contributed by atoms with Gasteiger partial charge in [0.1, 0.15) is 0 Å². The van der Waals surface area contributed by atoms with Crippen LogP contribution in [0.1, 0.15) is 57.7 Å². The van der Waals surface area contributed by atoms with Crippen LogP contribution in [0.15, 0.2) is 54.7 Å². The fourth-order valence-corrected chi connectivity index (χ4v) is 6.43. The average Bonchev–Trinajstić information content (AvgIpc) is 3.70. The third-order valence-corrected chi connectivity index (χ3v) is 8.63. The summed E-state index contributed by atoms with van der Waals surface area (Å²) in [5, 5.41) is 3.17. The molecule has 1 aliphatic heterocycles. The second-order valence-corrected chi connectivity index (χ2v) is 11.1. The van der Waals surface area contributed by atoms with Gasteiger partial charge >= 0.3 is 0 Å². The van der Waals surface area contributed by atoms with Crippen molar-refractivity contribution in [3.63, 3.8) is 0 Å². The van der Waals surface area contributed by atoms with Crippen LogP contribution in [0, 0.1) is 0 Å². The van der Waals surface area contributed by atoms with E-state index >= 15 is 0 Å². The Kier molecular flexibility index (Phi) is 6.89. The monoisotopic (exact) mass is 513 g/mol. The summed E-state index contributed by atoms with van der Waals surface area (Å²) < 4.78 is 5.38. The molecule has 3 heterocycles. The number of morpholine rings is 1. The summed E-state index contributed by atoms with van der Waals surface area (Å²) in [4.78, 5) is 33.7. The van der Waals surface area contributed by atoms with Gasteiger partial charge in [-0.3, -0.25) is 14.6 Å². The summed E-state index contributed by atoms with van der Waals surface area (Å²) in [6.45, 7) is 2.49. The highest BCUT2D eigenvalue weighted by atomic mass is 32.1. The van der Waals surface area contributed by atoms with Crippen LogP contribution in [-0.2, 0) is 22.4 Å². The molecule has 6 rings (SSSR count). The van der Waals surface area contributed by atoms with Crippen molar-refractivity contribution in [1.29, 1.82) is 0 Å². The van der Waals surface area contributed by atoms with Crippen LogP contribution in [-0.4, -0.2) is 54.0 Å². The van der Waals surface area contributed by atoms with Crippen LogP contribution >= 0.6 is 11.3 Å². The molecule has 190 valence electrons. The summed E-state index contributed by atoms with van der Waals surface area (Å²) in [5.41, 5.74) is 6.57. The molecule has 1 aromatic carbocycles. The van der Waals surface area contributed by atoms with Crippen molar-refractivity contribution in [3.8, 4) is 10.4 Å². The van der Waals surface area contributed by atoms with E-state index in [4.69, 9.17) is 9.72 Å². The molecule has 0 bridgehead atoms. The third-order valence-electron chi connectivity index (χ3n) is 7.51. The smallest absolute Gasteiger partial charge is 0.264 e. The van der Waals surface area contributed by atoms with Crippen molar-refractivity contribution >= 4 is 28.7 Å². The lowest BCUT2D eigenvalue weighted by Gasteiger charge is -2.26. The largest absolute Gasteiger partial charge is 0.378 e. The van der Waals surface area contributed by atoms with Crippen LogP contribution in [0.4, 0.5) is 0 Å². The van der Waals surface area contributed by atoms with E-state index in [0.717, 1.165) is 57.0 Å². The molecular weight excluding hydrogens is 482 g/mol. The first-order valence-electron chi connectivity index (χ1n) is 13.2. The van der Waals surface area contributed by atoms with Crippen molar-refractivity contribution < 1.29 is 14.3 Å². The topological polar surface area (TPSA) is 71.5 Å². The van der Waals surface area contributed by atoms with Crippen molar-refractivity contribution in [2.75, 3.05) is 26.3 Å². The number of nitrogens with zero attached hydrogens (tertiary/aromatic N) is 2. The van der Waals surface area contributed by atoms with Crippen molar-refractivity contribution in [1.82, 2.24) is 15.2 Å². The maximum atomic E-state index is 12.9. The summed E-state index contributed by atoms with van der Waals surface area (Å²) in [6.07, 6.45) is 10.0. The number of allylic oxidation sites excluding steroid dienone is 1. The Morgan fingerprint density at radius 3 is 2.59 bits per heavy atom. The molecule has 3 aliphatic rings. The number of aromatic nitrogens is 1. The van der Waals surface area contributed by atoms with Crippen LogP contribution in [0.2, 0.25) is 0 Å². The third kappa shape index (κ3) is 5.24. The first kappa shape index (κ1) is 24.1. The lowest BCUT2D eigenvalue weighted by atomic mass is 9.98. The number of thiophene rings is 1. The van der Waals surface area contributed by atoms with Gasteiger partial charge in [0.15, 0.2) is 0 Å². The molecule has 0 atom stereocenters. The SMILES string of the molecule is O=C(Cc1ccc(C2=CCc3ncc(-c4ccc(C(=O)N5CCOCC5)s4)cc32)cc1)NC1CCCC1. The number of hydrogen-bond acceptors (Lipinski definition) is 5. The van der Waals surface area contributed by atoms with Crippen LogP contribution < -0.4 is 5.32 Å². The molecule has 2 aromatic heterocycles. The molecule has 37 heavy (non-hydrogen) atoms. The van der Waals surface area contributed by atoms with Crippen molar-refractivity contribution in [2.24, 2.45) is 0 Å². The highest BCUT2D eigenvalue weighted by molar-refractivity contribution is 7.17. The Hall–Kier alpha value is -3.29. The number of benzene rings is 1. The molecule has 2 aliphatic carbocycles. The second-order valence-electron chi connectivity index (χ2n) is 10.0. The Labute approximate surface area is 221 Å². The van der Waals surface area contributed by atoms with Gasteiger partial charge in [-0.1, -0.05) is 43.2 Å². The number of carbonyl (C=O) groups excluding carboxylic acids is 2. The minimum Gasteiger partial charge on any atom is -0.378 e. The van der Waals surface area contributed by atoms with E-state index in [1.54, 1.807) is 0 Å². The minimum atomic E-state index is 0.0752. The number of amides is 2. The number of carbonyl (C=O) groups is 2. The predicted molar refractivity (Wildman–Crippen MR) is 146 cm³/mol. The van der Waals surface area contributed by atoms with Crippen molar-refractivity contribution in [2.45, 2.75) is 44.6 Å². The Balaban J connectivity index is 1.16. The molecule has 7 heteroatoms. The zero-order chi connectivity index (χ0) is 25.2. The van der Waals surface area contributed by atoms with Gasteiger partial charge in [-0.2, -0.15) is 0 Å². The van der Waals surface area contributed by atoms with E-state index in [9.17, 15) is 9.59 Å². The summed E-state index contributed by atoms with van der Waals surface area (Å²) >= 11 is 1.52. The summed E-state index contributed by atoms with van der Waals surface area (Å²) in [6, 6.07) is 14.8. The van der Waals surface area contributed by atoms with Gasteiger partial charge in [0.2, 0.25) is 5.91 Å². The molecule has 0 unspecified atom stereocenters. The molecule has 0 radical (unpaired) electrons. The molecule has 2 amide bonds. The number of fused-ring (bicyclic) bond motifs is 1. The van der Waals surface area contributed by atoms with Crippen molar-refractivity contribution in [3.05, 3.63) is 82.0 Å². The van der Waals surface area contributed by atoms with Crippen LogP contribution in [0.25, 0.3) is 16.0 Å². The zero-order valence-corrected chi connectivity index (χ0v) is 21.7.